The summed E-state index contributed by atoms with van der Waals surface area (Å²) in [5.41, 5.74) is 3.31. The molecule has 0 saturated carbocycles. The first-order chi connectivity index (χ1) is 9.33. The van der Waals surface area contributed by atoms with Gasteiger partial charge in [-0.1, -0.05) is 30.3 Å². The Morgan fingerprint density at radius 1 is 1.32 bits per heavy atom. The molecule has 3 rings (SSSR count). The van der Waals surface area contributed by atoms with Gasteiger partial charge in [0.1, 0.15) is 5.82 Å². The van der Waals surface area contributed by atoms with Gasteiger partial charge in [0.05, 0.1) is 18.4 Å². The van der Waals surface area contributed by atoms with E-state index in [1.54, 1.807) is 0 Å². The molecule has 4 heteroatoms. The van der Waals surface area contributed by atoms with Gasteiger partial charge >= 0.3 is 0 Å². The number of imidazole rings is 1. The highest BCUT2D eigenvalue weighted by Crippen LogP contribution is 2.21. The molecule has 0 spiro atoms. The Labute approximate surface area is 113 Å². The smallest absolute Gasteiger partial charge is 0.109 e. The predicted molar refractivity (Wildman–Crippen MR) is 75.1 cm³/mol. The lowest BCUT2D eigenvalue weighted by molar-refractivity contribution is 0.0281. The Hall–Kier alpha value is -1.65. The van der Waals surface area contributed by atoms with Crippen LogP contribution in [0.15, 0.2) is 30.3 Å². The van der Waals surface area contributed by atoms with Crippen molar-refractivity contribution in [2.24, 2.45) is 0 Å². The summed E-state index contributed by atoms with van der Waals surface area (Å²) < 4.78 is 5.71. The molecule has 2 heterocycles. The maximum absolute atomic E-state index is 5.71. The van der Waals surface area contributed by atoms with Crippen LogP contribution in [0.5, 0.6) is 0 Å². The van der Waals surface area contributed by atoms with Crippen molar-refractivity contribution < 1.29 is 4.74 Å². The van der Waals surface area contributed by atoms with Gasteiger partial charge < -0.3 is 15.0 Å². The normalized spacial score (nSPS) is 19.5. The van der Waals surface area contributed by atoms with Crippen molar-refractivity contribution in [3.05, 3.63) is 41.9 Å². The molecule has 1 fully saturated rings. The Morgan fingerprint density at radius 2 is 2.16 bits per heavy atom. The molecule has 0 radical (unpaired) electrons. The number of ether oxygens (including phenoxy) is 1. The van der Waals surface area contributed by atoms with Gasteiger partial charge in [0.15, 0.2) is 0 Å². The summed E-state index contributed by atoms with van der Waals surface area (Å²) >= 11 is 0. The lowest BCUT2D eigenvalue weighted by Crippen LogP contribution is -2.39. The van der Waals surface area contributed by atoms with Crippen LogP contribution in [0.3, 0.4) is 0 Å². The van der Waals surface area contributed by atoms with Gasteiger partial charge in [-0.15, -0.1) is 0 Å². The summed E-state index contributed by atoms with van der Waals surface area (Å²) in [6.45, 7) is 4.71. The third-order valence-corrected chi connectivity index (χ3v) is 3.41. The highest BCUT2D eigenvalue weighted by Gasteiger charge is 2.17. The second kappa shape index (κ2) is 5.55. The van der Waals surface area contributed by atoms with Crippen molar-refractivity contribution in [2.45, 2.75) is 19.4 Å². The third kappa shape index (κ3) is 2.85. The van der Waals surface area contributed by atoms with Gasteiger partial charge in [0.25, 0.3) is 0 Å². The Morgan fingerprint density at radius 3 is 2.89 bits per heavy atom. The van der Waals surface area contributed by atoms with Crippen molar-refractivity contribution in [1.29, 1.82) is 0 Å². The SMILES string of the molecule is Cc1[nH]c(CC2CNCCO2)nc1-c1ccccc1. The van der Waals surface area contributed by atoms with Gasteiger partial charge in [-0.05, 0) is 6.92 Å². The fourth-order valence-corrected chi connectivity index (χ4v) is 2.46. The molecule has 4 nitrogen and oxygen atoms in total. The number of hydrogen-bond acceptors (Lipinski definition) is 3. The Balaban J connectivity index is 1.77. The number of aryl methyl sites for hydroxylation is 1. The van der Waals surface area contributed by atoms with Crippen LogP contribution >= 0.6 is 0 Å². The first-order valence-corrected chi connectivity index (χ1v) is 6.76. The average molecular weight is 257 g/mol. The van der Waals surface area contributed by atoms with E-state index in [4.69, 9.17) is 9.72 Å². The maximum atomic E-state index is 5.71. The van der Waals surface area contributed by atoms with E-state index in [1.807, 2.05) is 18.2 Å². The highest BCUT2D eigenvalue weighted by atomic mass is 16.5. The summed E-state index contributed by atoms with van der Waals surface area (Å²) in [7, 11) is 0. The second-order valence-electron chi connectivity index (χ2n) is 4.92. The number of nitrogens with zero attached hydrogens (tertiary/aromatic N) is 1. The van der Waals surface area contributed by atoms with Gasteiger partial charge in [-0.25, -0.2) is 4.98 Å². The van der Waals surface area contributed by atoms with Gasteiger partial charge in [0, 0.05) is 30.8 Å². The number of H-pyrrole nitrogens is 1. The quantitative estimate of drug-likeness (QED) is 0.883. The summed E-state index contributed by atoms with van der Waals surface area (Å²) in [5, 5.41) is 3.34. The molecule has 1 atom stereocenters. The first-order valence-electron chi connectivity index (χ1n) is 6.76. The topological polar surface area (TPSA) is 49.9 Å². The van der Waals surface area contributed by atoms with Gasteiger partial charge in [-0.2, -0.15) is 0 Å². The molecule has 2 N–H and O–H groups in total. The molecular weight excluding hydrogens is 238 g/mol. The van der Waals surface area contributed by atoms with Crippen molar-refractivity contribution in [1.82, 2.24) is 15.3 Å². The average Bonchev–Trinajstić information content (AvgIpc) is 2.82. The number of aromatic nitrogens is 2. The van der Waals surface area contributed by atoms with E-state index in [0.29, 0.717) is 0 Å². The van der Waals surface area contributed by atoms with Gasteiger partial charge in [-0.3, -0.25) is 0 Å². The van der Waals surface area contributed by atoms with Crippen LogP contribution in [-0.2, 0) is 11.2 Å². The van der Waals surface area contributed by atoms with Gasteiger partial charge in [0.2, 0.25) is 0 Å². The van der Waals surface area contributed by atoms with Crippen molar-refractivity contribution in [2.75, 3.05) is 19.7 Å². The van der Waals surface area contributed by atoms with E-state index in [9.17, 15) is 0 Å². The van der Waals surface area contributed by atoms with E-state index < -0.39 is 0 Å². The molecule has 2 aromatic rings. The van der Waals surface area contributed by atoms with Crippen LogP contribution in [-0.4, -0.2) is 35.8 Å². The number of aromatic amines is 1. The number of nitrogens with one attached hydrogen (secondary N) is 2. The monoisotopic (exact) mass is 257 g/mol. The largest absolute Gasteiger partial charge is 0.375 e. The number of hydrogen-bond donors (Lipinski definition) is 2. The maximum Gasteiger partial charge on any atom is 0.109 e. The minimum Gasteiger partial charge on any atom is -0.375 e. The fourth-order valence-electron chi connectivity index (χ4n) is 2.46. The summed E-state index contributed by atoms with van der Waals surface area (Å²) in [4.78, 5) is 8.08. The van der Waals surface area contributed by atoms with Crippen LogP contribution in [0.1, 0.15) is 11.5 Å². The van der Waals surface area contributed by atoms with E-state index in [0.717, 1.165) is 48.9 Å². The molecule has 1 aliphatic heterocycles. The molecular formula is C15H19N3O. The molecule has 0 amide bonds. The molecule has 1 saturated heterocycles. The predicted octanol–water partition coefficient (Wildman–Crippen LogP) is 1.92. The van der Waals surface area contributed by atoms with E-state index in [1.165, 1.54) is 0 Å². The van der Waals surface area contributed by atoms with E-state index >= 15 is 0 Å². The summed E-state index contributed by atoms with van der Waals surface area (Å²) in [5.74, 6) is 1.00. The molecule has 1 aromatic carbocycles. The number of benzene rings is 1. The summed E-state index contributed by atoms with van der Waals surface area (Å²) in [6, 6.07) is 10.3. The minimum absolute atomic E-state index is 0.225. The third-order valence-electron chi connectivity index (χ3n) is 3.41. The van der Waals surface area contributed by atoms with Crippen LogP contribution in [0.2, 0.25) is 0 Å². The zero-order valence-corrected chi connectivity index (χ0v) is 11.1. The van der Waals surface area contributed by atoms with Crippen molar-refractivity contribution in [3.8, 4) is 11.3 Å². The molecule has 100 valence electrons. The fraction of sp³-hybridized carbons (Fsp3) is 0.400. The number of rotatable bonds is 3. The van der Waals surface area contributed by atoms with Crippen LogP contribution in [0.4, 0.5) is 0 Å². The Kier molecular flexibility index (Phi) is 3.62. The second-order valence-corrected chi connectivity index (χ2v) is 4.92. The van der Waals surface area contributed by atoms with Crippen LogP contribution in [0, 0.1) is 6.92 Å². The molecule has 0 bridgehead atoms. The molecule has 1 aliphatic rings. The van der Waals surface area contributed by atoms with E-state index in [2.05, 4.69) is 29.4 Å². The standard InChI is InChI=1S/C15H19N3O/c1-11-15(12-5-3-2-4-6-12)18-14(17-11)9-13-10-16-7-8-19-13/h2-6,13,16H,7-10H2,1H3,(H,17,18). The zero-order valence-electron chi connectivity index (χ0n) is 11.1. The summed E-state index contributed by atoms with van der Waals surface area (Å²) in [6.07, 6.45) is 1.06. The number of morpholine rings is 1. The van der Waals surface area contributed by atoms with Crippen LogP contribution in [0.25, 0.3) is 11.3 Å². The molecule has 1 aromatic heterocycles. The lowest BCUT2D eigenvalue weighted by Gasteiger charge is -2.22. The molecule has 1 unspecified atom stereocenters. The van der Waals surface area contributed by atoms with E-state index in [-0.39, 0.29) is 6.10 Å². The molecule has 0 aliphatic carbocycles. The lowest BCUT2D eigenvalue weighted by atomic mass is 10.1. The minimum atomic E-state index is 0.225. The zero-order chi connectivity index (χ0) is 13.1. The Bertz CT molecular complexity index is 530. The van der Waals surface area contributed by atoms with Crippen molar-refractivity contribution in [3.63, 3.8) is 0 Å². The molecule has 19 heavy (non-hydrogen) atoms. The van der Waals surface area contributed by atoms with Crippen LogP contribution < -0.4 is 5.32 Å². The highest BCUT2D eigenvalue weighted by molar-refractivity contribution is 5.61. The van der Waals surface area contributed by atoms with Crippen molar-refractivity contribution >= 4 is 0 Å². The first kappa shape index (κ1) is 12.4.